The summed E-state index contributed by atoms with van der Waals surface area (Å²) in [6.45, 7) is 14.3. The second-order valence-corrected chi connectivity index (χ2v) is 9.58. The normalized spacial score (nSPS) is 11.1. The number of hydrogen-bond acceptors (Lipinski definition) is 3. The van der Waals surface area contributed by atoms with Gasteiger partial charge in [0.2, 0.25) is 0 Å². The van der Waals surface area contributed by atoms with Gasteiger partial charge in [-0.25, -0.2) is 9.59 Å². The molecule has 0 aliphatic heterocycles. The summed E-state index contributed by atoms with van der Waals surface area (Å²) in [5, 5.41) is 10.3. The zero-order chi connectivity index (χ0) is 26.6. The Morgan fingerprint density at radius 3 is 2.17 bits per heavy atom. The first-order valence-corrected chi connectivity index (χ1v) is 12.3. The molecule has 0 spiro atoms. The summed E-state index contributed by atoms with van der Waals surface area (Å²) in [5.41, 5.74) is 6.38. The van der Waals surface area contributed by atoms with Crippen LogP contribution in [0.25, 0.3) is 22.0 Å². The molecule has 4 aromatic rings. The molecule has 0 saturated carbocycles. The molecule has 0 aliphatic rings. The van der Waals surface area contributed by atoms with Crippen molar-refractivity contribution in [2.24, 2.45) is 0 Å². The van der Waals surface area contributed by atoms with E-state index in [2.05, 4.69) is 23.6 Å². The number of aromatic nitrogens is 1. The molecule has 3 aromatic carbocycles. The van der Waals surface area contributed by atoms with Crippen molar-refractivity contribution in [2.45, 2.75) is 60.6 Å². The average molecular weight is 486 g/mol. The van der Waals surface area contributed by atoms with E-state index in [0.29, 0.717) is 17.7 Å². The van der Waals surface area contributed by atoms with E-state index in [1.165, 1.54) is 0 Å². The number of fused-ring (bicyclic) bond motifs is 1. The first-order valence-electron chi connectivity index (χ1n) is 12.3. The number of carbonyl (C=O) groups excluding carboxylic acids is 1. The number of ether oxygens (including phenoxy) is 1. The lowest BCUT2D eigenvalue weighted by Gasteiger charge is -2.20. The van der Waals surface area contributed by atoms with E-state index in [9.17, 15) is 14.7 Å². The maximum atomic E-state index is 12.7. The Morgan fingerprint density at radius 1 is 0.917 bits per heavy atom. The van der Waals surface area contributed by atoms with Gasteiger partial charge in [0, 0.05) is 23.1 Å². The van der Waals surface area contributed by atoms with Gasteiger partial charge in [0.05, 0.1) is 11.1 Å². The molecule has 1 N–H and O–H groups in total. The van der Waals surface area contributed by atoms with Gasteiger partial charge in [0.15, 0.2) is 0 Å². The molecule has 5 heteroatoms. The highest BCUT2D eigenvalue weighted by Gasteiger charge is 2.21. The van der Waals surface area contributed by atoms with Gasteiger partial charge in [0.1, 0.15) is 5.60 Å². The van der Waals surface area contributed by atoms with Crippen LogP contribution in [0.1, 0.15) is 72.2 Å². The second-order valence-electron chi connectivity index (χ2n) is 9.58. The Labute approximate surface area is 213 Å². The fourth-order valence-electron chi connectivity index (χ4n) is 4.20. The number of benzene rings is 3. The zero-order valence-electron chi connectivity index (χ0n) is 22.2. The fraction of sp³-hybridized carbons (Fsp3) is 0.290. The number of carboxylic acid groups (broad SMARTS) is 1. The van der Waals surface area contributed by atoms with E-state index in [0.717, 1.165) is 38.9 Å². The van der Waals surface area contributed by atoms with Crippen LogP contribution in [0.5, 0.6) is 0 Å². The average Bonchev–Trinajstić information content (AvgIpc) is 3.09. The molecular weight excluding hydrogens is 450 g/mol. The van der Waals surface area contributed by atoms with Crippen LogP contribution in [-0.4, -0.2) is 27.2 Å². The third-order valence-corrected chi connectivity index (χ3v) is 6.04. The van der Waals surface area contributed by atoms with Gasteiger partial charge in [0.25, 0.3) is 0 Å². The summed E-state index contributed by atoms with van der Waals surface area (Å²) in [4.78, 5) is 24.1. The maximum absolute atomic E-state index is 12.7. The molecule has 1 heterocycles. The molecule has 4 rings (SSSR count). The van der Waals surface area contributed by atoms with Crippen molar-refractivity contribution in [2.75, 3.05) is 0 Å². The van der Waals surface area contributed by atoms with E-state index in [1.54, 1.807) is 18.2 Å². The van der Waals surface area contributed by atoms with Crippen molar-refractivity contribution in [1.82, 2.24) is 4.57 Å². The smallest absolute Gasteiger partial charge is 0.339 e. The molecular formula is C31H35NO4. The standard InChI is InChI=1S/C29H29NO4.C2H6/c1-18-19(2)30(26-15-14-22(27(31)32)16-25(18)26)17-20-10-12-21(13-11-20)23-8-6-7-9-24(23)28(33)34-29(3,4)5;1-2/h6-16H,17H2,1-5H3,(H,31,32);1-2H3. The molecule has 0 unspecified atom stereocenters. The first kappa shape index (κ1) is 26.7. The van der Waals surface area contributed by atoms with Crippen LogP contribution in [-0.2, 0) is 11.3 Å². The number of aryl methyl sites for hydroxylation is 1. The maximum Gasteiger partial charge on any atom is 0.339 e. The molecule has 36 heavy (non-hydrogen) atoms. The first-order chi connectivity index (χ1) is 17.0. The number of nitrogens with zero attached hydrogens (tertiary/aromatic N) is 1. The van der Waals surface area contributed by atoms with Gasteiger partial charge < -0.3 is 14.4 Å². The van der Waals surface area contributed by atoms with E-state index in [1.807, 2.05) is 77.9 Å². The Kier molecular flexibility index (Phi) is 8.03. The fourth-order valence-corrected chi connectivity index (χ4v) is 4.20. The second kappa shape index (κ2) is 10.8. The summed E-state index contributed by atoms with van der Waals surface area (Å²) < 4.78 is 7.80. The highest BCUT2D eigenvalue weighted by molar-refractivity contribution is 5.97. The van der Waals surface area contributed by atoms with Gasteiger partial charge in [-0.15, -0.1) is 0 Å². The monoisotopic (exact) mass is 485 g/mol. The molecule has 0 atom stereocenters. The molecule has 0 fully saturated rings. The number of rotatable bonds is 5. The van der Waals surface area contributed by atoms with Crippen molar-refractivity contribution >= 4 is 22.8 Å². The third kappa shape index (κ3) is 5.68. The Balaban J connectivity index is 0.00000176. The van der Waals surface area contributed by atoms with Crippen LogP contribution in [0.2, 0.25) is 0 Å². The van der Waals surface area contributed by atoms with Crippen LogP contribution in [0, 0.1) is 13.8 Å². The van der Waals surface area contributed by atoms with Crippen LogP contribution in [0.15, 0.2) is 66.7 Å². The predicted molar refractivity (Wildman–Crippen MR) is 146 cm³/mol. The highest BCUT2D eigenvalue weighted by atomic mass is 16.6. The molecule has 1 aromatic heterocycles. The van der Waals surface area contributed by atoms with Gasteiger partial charge in [-0.3, -0.25) is 0 Å². The summed E-state index contributed by atoms with van der Waals surface area (Å²) in [5.74, 6) is -1.26. The van der Waals surface area contributed by atoms with E-state index in [4.69, 9.17) is 4.74 Å². The molecule has 0 bridgehead atoms. The number of aromatic carboxylic acids is 1. The van der Waals surface area contributed by atoms with Crippen LogP contribution in [0.4, 0.5) is 0 Å². The van der Waals surface area contributed by atoms with Crippen molar-refractivity contribution in [3.8, 4) is 11.1 Å². The lowest BCUT2D eigenvalue weighted by molar-refractivity contribution is 0.00702. The predicted octanol–water partition coefficient (Wildman–Crippen LogP) is 7.65. The van der Waals surface area contributed by atoms with Gasteiger partial charge in [-0.1, -0.05) is 56.3 Å². The van der Waals surface area contributed by atoms with E-state index < -0.39 is 11.6 Å². The SMILES string of the molecule is CC.Cc1c(C)n(Cc2ccc(-c3ccccc3C(=O)OC(C)(C)C)cc2)c2ccc(C(=O)O)cc12. The van der Waals surface area contributed by atoms with Crippen molar-refractivity contribution in [3.63, 3.8) is 0 Å². The van der Waals surface area contributed by atoms with Crippen LogP contribution in [0.3, 0.4) is 0 Å². The molecule has 0 radical (unpaired) electrons. The number of carboxylic acids is 1. The summed E-state index contributed by atoms with van der Waals surface area (Å²) in [6, 6.07) is 20.9. The van der Waals surface area contributed by atoms with Gasteiger partial charge >= 0.3 is 11.9 Å². The van der Waals surface area contributed by atoms with Crippen molar-refractivity contribution in [3.05, 3.63) is 94.7 Å². The number of esters is 1. The lowest BCUT2D eigenvalue weighted by Crippen LogP contribution is -2.24. The summed E-state index contributed by atoms with van der Waals surface area (Å²) >= 11 is 0. The molecule has 5 nitrogen and oxygen atoms in total. The number of carbonyl (C=O) groups is 2. The molecule has 0 amide bonds. The van der Waals surface area contributed by atoms with Crippen molar-refractivity contribution < 1.29 is 19.4 Å². The molecule has 0 aliphatic carbocycles. The third-order valence-electron chi connectivity index (χ3n) is 6.04. The van der Waals surface area contributed by atoms with E-state index in [-0.39, 0.29) is 5.97 Å². The lowest BCUT2D eigenvalue weighted by atomic mass is 9.98. The molecule has 188 valence electrons. The van der Waals surface area contributed by atoms with Crippen LogP contribution < -0.4 is 0 Å². The van der Waals surface area contributed by atoms with Gasteiger partial charge in [-0.2, -0.15) is 0 Å². The minimum absolute atomic E-state index is 0.292. The Morgan fingerprint density at radius 2 is 1.56 bits per heavy atom. The minimum Gasteiger partial charge on any atom is -0.478 e. The molecule has 0 saturated heterocycles. The number of hydrogen-bond donors (Lipinski definition) is 1. The topological polar surface area (TPSA) is 68.5 Å². The van der Waals surface area contributed by atoms with Gasteiger partial charge in [-0.05, 0) is 81.1 Å². The summed E-state index contributed by atoms with van der Waals surface area (Å²) in [7, 11) is 0. The minimum atomic E-state index is -0.922. The summed E-state index contributed by atoms with van der Waals surface area (Å²) in [6.07, 6.45) is 0. The van der Waals surface area contributed by atoms with E-state index >= 15 is 0 Å². The van der Waals surface area contributed by atoms with Crippen LogP contribution >= 0.6 is 0 Å². The highest BCUT2D eigenvalue weighted by Crippen LogP contribution is 2.29. The quantitative estimate of drug-likeness (QED) is 0.295. The van der Waals surface area contributed by atoms with Crippen molar-refractivity contribution in [1.29, 1.82) is 0 Å². The Hall–Kier alpha value is -3.86. The largest absolute Gasteiger partial charge is 0.478 e. The zero-order valence-corrected chi connectivity index (χ0v) is 22.2. The Bertz CT molecular complexity index is 1390.